The Morgan fingerprint density at radius 2 is 1.75 bits per heavy atom. The predicted octanol–water partition coefficient (Wildman–Crippen LogP) is 1.33. The van der Waals surface area contributed by atoms with Crippen LogP contribution in [0.2, 0.25) is 0 Å². The highest BCUT2D eigenvalue weighted by molar-refractivity contribution is 5.76. The lowest BCUT2D eigenvalue weighted by atomic mass is 9.92. The first-order valence-corrected chi connectivity index (χ1v) is 5.83. The zero-order valence-corrected chi connectivity index (χ0v) is 11.1. The number of carbonyl (C=O) groups is 1. The quantitative estimate of drug-likeness (QED) is 0.649. The average Bonchev–Trinajstić information content (AvgIpc) is 2.27. The Hall–Kier alpha value is -0.610. The number of hydrogen-bond acceptors (Lipinski definition) is 4. The third-order valence-electron chi connectivity index (χ3n) is 3.08. The van der Waals surface area contributed by atoms with Gasteiger partial charge >= 0.3 is 5.97 Å². The summed E-state index contributed by atoms with van der Waals surface area (Å²) in [7, 11) is 1.39. The largest absolute Gasteiger partial charge is 0.469 e. The van der Waals surface area contributed by atoms with Crippen LogP contribution in [0.1, 0.15) is 40.5 Å². The molecule has 0 aliphatic carbocycles. The second kappa shape index (κ2) is 6.21. The van der Waals surface area contributed by atoms with Crippen LogP contribution in [0.4, 0.5) is 0 Å². The number of nitrogens with one attached hydrogen (secondary N) is 1. The molecule has 96 valence electrons. The molecule has 0 amide bonds. The molecular formula is C12H25NO3. The van der Waals surface area contributed by atoms with Crippen molar-refractivity contribution in [3.05, 3.63) is 0 Å². The fourth-order valence-corrected chi connectivity index (χ4v) is 1.46. The Labute approximate surface area is 98.4 Å². The summed E-state index contributed by atoms with van der Waals surface area (Å²) in [6.07, 6.45) is 1.41. The third kappa shape index (κ3) is 4.49. The van der Waals surface area contributed by atoms with Gasteiger partial charge in [-0.2, -0.15) is 0 Å². The maximum Gasteiger partial charge on any atom is 0.312 e. The van der Waals surface area contributed by atoms with Gasteiger partial charge in [0.25, 0.3) is 0 Å². The van der Waals surface area contributed by atoms with Crippen LogP contribution >= 0.6 is 0 Å². The molecule has 0 atom stereocenters. The molecule has 0 saturated heterocycles. The molecule has 0 heterocycles. The van der Waals surface area contributed by atoms with Crippen molar-refractivity contribution in [2.24, 2.45) is 5.41 Å². The average molecular weight is 231 g/mol. The van der Waals surface area contributed by atoms with Crippen molar-refractivity contribution < 1.29 is 14.6 Å². The van der Waals surface area contributed by atoms with E-state index < -0.39 is 11.0 Å². The Morgan fingerprint density at radius 3 is 2.12 bits per heavy atom. The topological polar surface area (TPSA) is 58.6 Å². The van der Waals surface area contributed by atoms with Crippen LogP contribution < -0.4 is 5.32 Å². The fraction of sp³-hybridized carbons (Fsp3) is 0.917. The Morgan fingerprint density at radius 1 is 1.25 bits per heavy atom. The maximum atomic E-state index is 11.4. The van der Waals surface area contributed by atoms with Gasteiger partial charge in [0, 0.05) is 13.1 Å². The van der Waals surface area contributed by atoms with E-state index >= 15 is 0 Å². The number of aliphatic hydroxyl groups is 1. The first-order valence-electron chi connectivity index (χ1n) is 5.83. The monoisotopic (exact) mass is 231 g/mol. The molecule has 0 radical (unpaired) electrons. The summed E-state index contributed by atoms with van der Waals surface area (Å²) >= 11 is 0. The van der Waals surface area contributed by atoms with Crippen LogP contribution in [-0.2, 0) is 9.53 Å². The lowest BCUT2D eigenvalue weighted by molar-refractivity contribution is -0.150. The number of methoxy groups -OCH3 is 1. The van der Waals surface area contributed by atoms with Crippen molar-refractivity contribution in [2.45, 2.75) is 46.1 Å². The lowest BCUT2D eigenvalue weighted by Crippen LogP contribution is -2.44. The summed E-state index contributed by atoms with van der Waals surface area (Å²) in [6.45, 7) is 8.56. The van der Waals surface area contributed by atoms with E-state index in [-0.39, 0.29) is 5.97 Å². The Bertz CT molecular complexity index is 222. The zero-order valence-electron chi connectivity index (χ0n) is 11.1. The summed E-state index contributed by atoms with van der Waals surface area (Å²) in [5.41, 5.74) is -1.23. The molecule has 2 N–H and O–H groups in total. The minimum Gasteiger partial charge on any atom is -0.469 e. The number of ether oxygens (including phenoxy) is 1. The number of esters is 1. The normalized spacial score (nSPS) is 12.6. The molecule has 0 unspecified atom stereocenters. The summed E-state index contributed by atoms with van der Waals surface area (Å²) in [6, 6.07) is 0. The third-order valence-corrected chi connectivity index (χ3v) is 3.08. The number of rotatable bonds is 7. The molecule has 4 nitrogen and oxygen atoms in total. The highest BCUT2D eigenvalue weighted by Crippen LogP contribution is 2.17. The standard InChI is InChI=1S/C12H25NO3/c1-6-12(15,7-2)9-13-8-11(3,4)10(14)16-5/h13,15H,6-9H2,1-5H3. The van der Waals surface area contributed by atoms with E-state index in [9.17, 15) is 9.90 Å². The van der Waals surface area contributed by atoms with Crippen molar-refractivity contribution >= 4 is 5.97 Å². The van der Waals surface area contributed by atoms with Crippen LogP contribution in [0.5, 0.6) is 0 Å². The van der Waals surface area contributed by atoms with Gasteiger partial charge in [-0.15, -0.1) is 0 Å². The van der Waals surface area contributed by atoms with Crippen LogP contribution in [-0.4, -0.2) is 36.9 Å². The molecule has 0 saturated carbocycles. The van der Waals surface area contributed by atoms with Gasteiger partial charge in [-0.05, 0) is 26.7 Å². The van der Waals surface area contributed by atoms with Gasteiger partial charge in [0.15, 0.2) is 0 Å². The minimum atomic E-state index is -0.674. The SMILES string of the molecule is CCC(O)(CC)CNCC(C)(C)C(=O)OC. The lowest BCUT2D eigenvalue weighted by Gasteiger charge is -2.28. The first-order chi connectivity index (χ1) is 7.31. The van der Waals surface area contributed by atoms with Crippen LogP contribution in [0.3, 0.4) is 0 Å². The number of hydrogen-bond donors (Lipinski definition) is 2. The van der Waals surface area contributed by atoms with E-state index in [1.807, 2.05) is 27.7 Å². The summed E-state index contributed by atoms with van der Waals surface area (Å²) in [5, 5.41) is 13.2. The molecule has 0 aliphatic heterocycles. The van der Waals surface area contributed by atoms with Crippen LogP contribution in [0, 0.1) is 5.41 Å². The minimum absolute atomic E-state index is 0.239. The second-order valence-electron chi connectivity index (χ2n) is 4.91. The molecule has 0 rings (SSSR count). The van der Waals surface area contributed by atoms with E-state index in [1.165, 1.54) is 7.11 Å². The molecule has 0 aromatic rings. The second-order valence-corrected chi connectivity index (χ2v) is 4.91. The van der Waals surface area contributed by atoms with E-state index in [0.717, 1.165) is 0 Å². The molecule has 0 aromatic carbocycles. The van der Waals surface area contributed by atoms with Crippen molar-refractivity contribution in [3.8, 4) is 0 Å². The van der Waals surface area contributed by atoms with Gasteiger partial charge in [-0.3, -0.25) is 4.79 Å². The summed E-state index contributed by atoms with van der Waals surface area (Å²) in [5.74, 6) is -0.239. The fourth-order valence-electron chi connectivity index (χ4n) is 1.46. The number of carbonyl (C=O) groups excluding carboxylic acids is 1. The van der Waals surface area contributed by atoms with Gasteiger partial charge in [0.1, 0.15) is 0 Å². The molecule has 0 fully saturated rings. The van der Waals surface area contributed by atoms with Crippen LogP contribution in [0.15, 0.2) is 0 Å². The molecular weight excluding hydrogens is 206 g/mol. The van der Waals surface area contributed by atoms with Crippen LogP contribution in [0.25, 0.3) is 0 Å². The molecule has 16 heavy (non-hydrogen) atoms. The highest BCUT2D eigenvalue weighted by atomic mass is 16.5. The predicted molar refractivity (Wildman–Crippen MR) is 64.2 cm³/mol. The van der Waals surface area contributed by atoms with Crippen molar-refractivity contribution in [2.75, 3.05) is 20.2 Å². The highest BCUT2D eigenvalue weighted by Gasteiger charge is 2.29. The van der Waals surface area contributed by atoms with E-state index in [2.05, 4.69) is 5.32 Å². The van der Waals surface area contributed by atoms with Gasteiger partial charge < -0.3 is 15.2 Å². The van der Waals surface area contributed by atoms with Gasteiger partial charge in [-0.25, -0.2) is 0 Å². The molecule has 0 bridgehead atoms. The van der Waals surface area contributed by atoms with Crippen molar-refractivity contribution in [1.82, 2.24) is 5.32 Å². The molecule has 0 aromatic heterocycles. The Kier molecular flexibility index (Phi) is 5.97. The molecule has 4 heteroatoms. The van der Waals surface area contributed by atoms with Crippen molar-refractivity contribution in [3.63, 3.8) is 0 Å². The smallest absolute Gasteiger partial charge is 0.312 e. The molecule has 0 spiro atoms. The summed E-state index contributed by atoms with van der Waals surface area (Å²) < 4.78 is 4.71. The summed E-state index contributed by atoms with van der Waals surface area (Å²) in [4.78, 5) is 11.4. The maximum absolute atomic E-state index is 11.4. The van der Waals surface area contributed by atoms with E-state index in [4.69, 9.17) is 4.74 Å². The Balaban J connectivity index is 4.11. The van der Waals surface area contributed by atoms with E-state index in [1.54, 1.807) is 0 Å². The molecule has 0 aliphatic rings. The van der Waals surface area contributed by atoms with Gasteiger partial charge in [-0.1, -0.05) is 13.8 Å². The van der Waals surface area contributed by atoms with Gasteiger partial charge in [0.2, 0.25) is 0 Å². The van der Waals surface area contributed by atoms with Crippen molar-refractivity contribution in [1.29, 1.82) is 0 Å². The first kappa shape index (κ1) is 15.4. The van der Waals surface area contributed by atoms with E-state index in [0.29, 0.717) is 25.9 Å². The zero-order chi connectivity index (χ0) is 12.8. The van der Waals surface area contributed by atoms with Gasteiger partial charge in [0.05, 0.1) is 18.1 Å².